The lowest BCUT2D eigenvalue weighted by Gasteiger charge is -2.18. The maximum Gasteiger partial charge on any atom is 0.264 e. The molecule has 2 aliphatic rings. The van der Waals surface area contributed by atoms with E-state index in [2.05, 4.69) is 17.4 Å². The summed E-state index contributed by atoms with van der Waals surface area (Å²) in [7, 11) is 0. The van der Waals surface area contributed by atoms with Crippen LogP contribution in [-0.2, 0) is 0 Å². The van der Waals surface area contributed by atoms with Gasteiger partial charge in [-0.25, -0.2) is 0 Å². The summed E-state index contributed by atoms with van der Waals surface area (Å²) in [5, 5.41) is 3.52. The Morgan fingerprint density at radius 3 is 2.69 bits per heavy atom. The predicted octanol–water partition coefficient (Wildman–Crippen LogP) is 4.51. The highest BCUT2D eigenvalue weighted by molar-refractivity contribution is 7.17. The van der Waals surface area contributed by atoms with Gasteiger partial charge in [-0.1, -0.05) is 18.2 Å². The molecular weight excluding hydrogens is 384 g/mol. The molecule has 2 aromatic carbocycles. The lowest BCUT2D eigenvalue weighted by molar-refractivity contribution is 0.0796. The standard InChI is InChI=1S/C23H22N2O3S/c26-23(25-11-10-18(15-25)24-17-4-2-1-3-5-17)22-9-8-21(29-22)16-6-7-19-20(14-16)28-13-12-27-19/h1-9,14,18,24H,10-13,15H2. The number of fused-ring (bicyclic) bond motifs is 1. The van der Waals surface area contributed by atoms with Gasteiger partial charge in [0, 0.05) is 29.7 Å². The monoisotopic (exact) mass is 406 g/mol. The Hall–Kier alpha value is -2.99. The van der Waals surface area contributed by atoms with E-state index in [0.717, 1.165) is 52.0 Å². The molecule has 0 saturated carbocycles. The second-order valence-electron chi connectivity index (χ2n) is 7.27. The number of ether oxygens (including phenoxy) is 2. The number of rotatable bonds is 4. The minimum atomic E-state index is 0.108. The first-order chi connectivity index (χ1) is 14.3. The van der Waals surface area contributed by atoms with Crippen molar-refractivity contribution in [1.82, 2.24) is 4.90 Å². The van der Waals surface area contributed by atoms with E-state index < -0.39 is 0 Å². The molecule has 1 fully saturated rings. The molecule has 29 heavy (non-hydrogen) atoms. The predicted molar refractivity (Wildman–Crippen MR) is 115 cm³/mol. The number of nitrogens with zero attached hydrogens (tertiary/aromatic N) is 1. The molecular formula is C23H22N2O3S. The fourth-order valence-electron chi connectivity index (χ4n) is 3.79. The van der Waals surface area contributed by atoms with E-state index in [0.29, 0.717) is 19.3 Å². The van der Waals surface area contributed by atoms with E-state index >= 15 is 0 Å². The molecule has 0 aliphatic carbocycles. The van der Waals surface area contributed by atoms with Crippen LogP contribution in [-0.4, -0.2) is 43.2 Å². The van der Waals surface area contributed by atoms with Crippen LogP contribution in [0.2, 0.25) is 0 Å². The topological polar surface area (TPSA) is 50.8 Å². The van der Waals surface area contributed by atoms with Crippen LogP contribution in [0.5, 0.6) is 11.5 Å². The van der Waals surface area contributed by atoms with E-state index in [1.807, 2.05) is 53.4 Å². The zero-order valence-electron chi connectivity index (χ0n) is 16.0. The molecule has 1 saturated heterocycles. The molecule has 0 spiro atoms. The number of hydrogen-bond donors (Lipinski definition) is 1. The average molecular weight is 407 g/mol. The Balaban J connectivity index is 1.26. The van der Waals surface area contributed by atoms with E-state index in [9.17, 15) is 4.79 Å². The molecule has 1 amide bonds. The van der Waals surface area contributed by atoms with Gasteiger partial charge in [0.15, 0.2) is 11.5 Å². The maximum absolute atomic E-state index is 13.0. The van der Waals surface area contributed by atoms with Gasteiger partial charge in [-0.3, -0.25) is 4.79 Å². The van der Waals surface area contributed by atoms with Crippen LogP contribution in [0.3, 0.4) is 0 Å². The third-order valence-electron chi connectivity index (χ3n) is 5.26. The zero-order chi connectivity index (χ0) is 19.6. The highest BCUT2D eigenvalue weighted by Crippen LogP contribution is 2.37. The number of para-hydroxylation sites is 1. The van der Waals surface area contributed by atoms with Gasteiger partial charge in [-0.05, 0) is 54.4 Å². The van der Waals surface area contributed by atoms with Gasteiger partial charge in [0.1, 0.15) is 13.2 Å². The smallest absolute Gasteiger partial charge is 0.264 e. The van der Waals surface area contributed by atoms with E-state index in [4.69, 9.17) is 9.47 Å². The van der Waals surface area contributed by atoms with Crippen molar-refractivity contribution < 1.29 is 14.3 Å². The largest absolute Gasteiger partial charge is 0.486 e. The first-order valence-corrected chi connectivity index (χ1v) is 10.7. The van der Waals surface area contributed by atoms with Crippen molar-refractivity contribution in [3.05, 3.63) is 65.5 Å². The molecule has 6 heteroatoms. The Morgan fingerprint density at radius 1 is 1.00 bits per heavy atom. The summed E-state index contributed by atoms with van der Waals surface area (Å²) in [5.74, 6) is 1.66. The van der Waals surface area contributed by atoms with Crippen LogP contribution in [0, 0.1) is 0 Å². The molecule has 5 nitrogen and oxygen atoms in total. The van der Waals surface area contributed by atoms with Crippen LogP contribution in [0.1, 0.15) is 16.1 Å². The van der Waals surface area contributed by atoms with Crippen LogP contribution >= 0.6 is 11.3 Å². The Labute approximate surface area is 173 Å². The molecule has 1 N–H and O–H groups in total. The number of likely N-dealkylation sites (tertiary alicyclic amines) is 1. The molecule has 0 bridgehead atoms. The van der Waals surface area contributed by atoms with E-state index in [-0.39, 0.29) is 5.91 Å². The lowest BCUT2D eigenvalue weighted by Crippen LogP contribution is -2.31. The SMILES string of the molecule is O=C(c1ccc(-c2ccc3c(c2)OCCO3)s1)N1CCC(Nc2ccccc2)C1. The number of carbonyl (C=O) groups excluding carboxylic acids is 1. The van der Waals surface area contributed by atoms with Crippen molar-refractivity contribution in [3.63, 3.8) is 0 Å². The van der Waals surface area contributed by atoms with Crippen molar-refractivity contribution in [2.75, 3.05) is 31.6 Å². The Morgan fingerprint density at radius 2 is 1.83 bits per heavy atom. The summed E-state index contributed by atoms with van der Waals surface area (Å²) in [6, 6.07) is 20.3. The molecule has 0 radical (unpaired) electrons. The summed E-state index contributed by atoms with van der Waals surface area (Å²) < 4.78 is 11.3. The number of thiophene rings is 1. The lowest BCUT2D eigenvalue weighted by atomic mass is 10.1. The van der Waals surface area contributed by atoms with E-state index in [1.54, 1.807) is 0 Å². The van der Waals surface area contributed by atoms with Gasteiger partial charge in [0.25, 0.3) is 5.91 Å². The minimum absolute atomic E-state index is 0.108. The maximum atomic E-state index is 13.0. The molecule has 1 aromatic heterocycles. The number of benzene rings is 2. The van der Waals surface area contributed by atoms with Gasteiger partial charge < -0.3 is 19.7 Å². The highest BCUT2D eigenvalue weighted by atomic mass is 32.1. The third kappa shape index (κ3) is 3.80. The zero-order valence-corrected chi connectivity index (χ0v) is 16.8. The quantitative estimate of drug-likeness (QED) is 0.693. The van der Waals surface area contributed by atoms with Crippen molar-refractivity contribution >= 4 is 22.9 Å². The Kier molecular flexibility index (Phi) is 4.86. The molecule has 3 heterocycles. The molecule has 2 aliphatic heterocycles. The van der Waals surface area contributed by atoms with Crippen LogP contribution in [0.25, 0.3) is 10.4 Å². The van der Waals surface area contributed by atoms with Crippen LogP contribution in [0.15, 0.2) is 60.7 Å². The van der Waals surface area contributed by atoms with Crippen molar-refractivity contribution in [1.29, 1.82) is 0 Å². The second kappa shape index (κ2) is 7.79. The van der Waals surface area contributed by atoms with Crippen LogP contribution < -0.4 is 14.8 Å². The third-order valence-corrected chi connectivity index (χ3v) is 6.39. The van der Waals surface area contributed by atoms with Gasteiger partial charge in [-0.2, -0.15) is 0 Å². The van der Waals surface area contributed by atoms with Gasteiger partial charge in [-0.15, -0.1) is 11.3 Å². The summed E-state index contributed by atoms with van der Waals surface area (Å²) >= 11 is 1.53. The number of anilines is 1. The second-order valence-corrected chi connectivity index (χ2v) is 8.35. The van der Waals surface area contributed by atoms with E-state index in [1.165, 1.54) is 11.3 Å². The van der Waals surface area contributed by atoms with Crippen molar-refractivity contribution in [2.45, 2.75) is 12.5 Å². The van der Waals surface area contributed by atoms with Gasteiger partial charge in [0.05, 0.1) is 4.88 Å². The number of carbonyl (C=O) groups is 1. The van der Waals surface area contributed by atoms with Crippen LogP contribution in [0.4, 0.5) is 5.69 Å². The first-order valence-electron chi connectivity index (χ1n) is 9.87. The summed E-state index contributed by atoms with van der Waals surface area (Å²) in [6.45, 7) is 2.66. The summed E-state index contributed by atoms with van der Waals surface area (Å²) in [4.78, 5) is 16.8. The Bertz CT molecular complexity index is 1020. The summed E-state index contributed by atoms with van der Waals surface area (Å²) in [6.07, 6.45) is 0.959. The van der Waals surface area contributed by atoms with Crippen molar-refractivity contribution in [2.24, 2.45) is 0 Å². The molecule has 1 unspecified atom stereocenters. The average Bonchev–Trinajstić information content (AvgIpc) is 3.44. The fraction of sp³-hybridized carbons (Fsp3) is 0.261. The van der Waals surface area contributed by atoms with Gasteiger partial charge >= 0.3 is 0 Å². The summed E-state index contributed by atoms with van der Waals surface area (Å²) in [5.41, 5.74) is 2.15. The number of nitrogens with one attached hydrogen (secondary N) is 1. The fourth-order valence-corrected chi connectivity index (χ4v) is 4.76. The molecule has 5 rings (SSSR count). The molecule has 1 atom stereocenters. The molecule has 3 aromatic rings. The normalized spacial score (nSPS) is 17.9. The van der Waals surface area contributed by atoms with Gasteiger partial charge in [0.2, 0.25) is 0 Å². The number of hydrogen-bond acceptors (Lipinski definition) is 5. The minimum Gasteiger partial charge on any atom is -0.486 e. The first kappa shape index (κ1) is 18.1. The number of amides is 1. The highest BCUT2D eigenvalue weighted by Gasteiger charge is 2.28. The van der Waals surface area contributed by atoms with Crippen molar-refractivity contribution in [3.8, 4) is 21.9 Å². The molecule has 148 valence electrons.